The van der Waals surface area contributed by atoms with Gasteiger partial charge in [0.15, 0.2) is 0 Å². The van der Waals surface area contributed by atoms with Crippen molar-refractivity contribution in [3.8, 4) is 55.6 Å². The highest BCUT2D eigenvalue weighted by atomic mass is 15.1. The summed E-state index contributed by atoms with van der Waals surface area (Å²) in [6, 6.07) is 99.4. The number of hydrogen-bond acceptors (Lipinski definition) is 2. The average Bonchev–Trinajstić information content (AvgIpc) is 1.59. The maximum Gasteiger partial charge on any atom is 0.0462 e. The predicted octanol–water partition coefficient (Wildman–Crippen LogP) is 25.7. The average molecular weight is 1150 g/mol. The first kappa shape index (κ1) is 59.1. The molecule has 0 aliphatic rings. The van der Waals surface area contributed by atoms with Gasteiger partial charge in [0.1, 0.15) is 0 Å². The summed E-state index contributed by atoms with van der Waals surface area (Å²) in [4.78, 5) is 4.75. The number of para-hydroxylation sites is 2. The Bertz CT molecular complexity index is 3910. The van der Waals surface area contributed by atoms with Gasteiger partial charge in [-0.05, 0) is 212 Å². The SMILES string of the molecule is CCCCCCCCc1ccc2c(-c3c(C)cc(-c4ccc(N(c5ccccc5)c5ccc(-c6ccccc6)cc5)cc4)c4cc(CCCCCCCC)ccc34)c(C)cc(-c3ccc(N(c4ccccc4)c4ccc(-c5ccccc5)cc4)cc3)c2c1. The number of hydrogen-bond donors (Lipinski definition) is 0. The third-order valence-electron chi connectivity index (χ3n) is 18.1. The number of rotatable bonds is 25. The van der Waals surface area contributed by atoms with Crippen molar-refractivity contribution in [2.75, 3.05) is 9.80 Å². The zero-order valence-electron chi connectivity index (χ0n) is 52.2. The molecule has 0 aliphatic carbocycles. The van der Waals surface area contributed by atoms with Crippen LogP contribution in [0.5, 0.6) is 0 Å². The van der Waals surface area contributed by atoms with Crippen molar-refractivity contribution in [3.05, 3.63) is 289 Å². The standard InChI is InChI=1S/C86H84N2/c1-5-7-9-11-13-19-29-65-39-57-79-83(61-65)81(71-45-53-77(54-46-71)87(73-35-25-17-26-36-73)75-49-41-69(42-50-75)67-31-21-15-22-32-67)59-63(3)85(79)86-64(4)60-82(84-62-66(40-58-80(84)86)30-20-14-12-10-8-6-2)72-47-55-78(56-48-72)88(74-37-27-18-28-38-74)76-51-43-70(44-52-76)68-33-23-16-24-34-68/h15-18,21-28,31-62H,5-14,19-20,29-30H2,1-4H3. The first-order valence-electron chi connectivity index (χ1n) is 32.8. The Hall–Kier alpha value is -9.24. The van der Waals surface area contributed by atoms with Gasteiger partial charge in [0, 0.05) is 34.1 Å². The molecular formula is C86H84N2. The molecule has 0 spiro atoms. The molecule has 12 aromatic rings. The molecule has 0 amide bonds. The molecule has 12 aromatic carbocycles. The maximum atomic E-state index is 2.54. The number of unbranched alkanes of at least 4 members (excludes halogenated alkanes) is 10. The molecule has 0 saturated carbocycles. The third-order valence-corrected chi connectivity index (χ3v) is 18.1. The summed E-state index contributed by atoms with van der Waals surface area (Å²) < 4.78 is 0. The number of nitrogens with zero attached hydrogens (tertiary/aromatic N) is 2. The van der Waals surface area contributed by atoms with Gasteiger partial charge in [0.25, 0.3) is 0 Å². The second kappa shape index (κ2) is 28.5. The van der Waals surface area contributed by atoms with Gasteiger partial charge in [-0.3, -0.25) is 0 Å². The van der Waals surface area contributed by atoms with Gasteiger partial charge < -0.3 is 9.80 Å². The van der Waals surface area contributed by atoms with E-state index in [1.165, 1.54) is 176 Å². The minimum absolute atomic E-state index is 1.08. The lowest BCUT2D eigenvalue weighted by Gasteiger charge is -2.26. The van der Waals surface area contributed by atoms with Crippen LogP contribution in [0.25, 0.3) is 77.2 Å². The van der Waals surface area contributed by atoms with Crippen molar-refractivity contribution in [1.82, 2.24) is 0 Å². The van der Waals surface area contributed by atoms with Crippen molar-refractivity contribution in [3.63, 3.8) is 0 Å². The molecule has 0 atom stereocenters. The van der Waals surface area contributed by atoms with Crippen LogP contribution in [-0.2, 0) is 12.8 Å². The quantitative estimate of drug-likeness (QED) is 0.0526. The minimum Gasteiger partial charge on any atom is -0.311 e. The largest absolute Gasteiger partial charge is 0.311 e. The fourth-order valence-electron chi connectivity index (χ4n) is 13.4. The third kappa shape index (κ3) is 13.5. The molecule has 0 aromatic heterocycles. The van der Waals surface area contributed by atoms with Crippen molar-refractivity contribution < 1.29 is 0 Å². The van der Waals surface area contributed by atoms with Crippen molar-refractivity contribution >= 4 is 55.7 Å². The van der Waals surface area contributed by atoms with E-state index in [1.807, 2.05) is 0 Å². The highest BCUT2D eigenvalue weighted by molar-refractivity contribution is 6.14. The van der Waals surface area contributed by atoms with Gasteiger partial charge in [0.05, 0.1) is 0 Å². The second-order valence-corrected chi connectivity index (χ2v) is 24.3. The van der Waals surface area contributed by atoms with E-state index in [1.54, 1.807) is 0 Å². The minimum atomic E-state index is 1.08. The number of benzene rings is 12. The molecule has 0 radical (unpaired) electrons. The van der Waals surface area contributed by atoms with E-state index in [0.29, 0.717) is 0 Å². The lowest BCUT2D eigenvalue weighted by Crippen LogP contribution is -2.09. The van der Waals surface area contributed by atoms with Crippen LogP contribution in [0.2, 0.25) is 0 Å². The van der Waals surface area contributed by atoms with Crippen LogP contribution in [0.3, 0.4) is 0 Å². The van der Waals surface area contributed by atoms with Crippen molar-refractivity contribution in [1.29, 1.82) is 0 Å². The topological polar surface area (TPSA) is 6.48 Å². The maximum absolute atomic E-state index is 2.54. The van der Waals surface area contributed by atoms with Crippen LogP contribution in [0, 0.1) is 13.8 Å². The second-order valence-electron chi connectivity index (χ2n) is 24.3. The van der Waals surface area contributed by atoms with E-state index >= 15 is 0 Å². The molecule has 438 valence electrons. The molecule has 2 heteroatoms. The van der Waals surface area contributed by atoms with Crippen molar-refractivity contribution in [2.45, 2.75) is 118 Å². The molecule has 12 rings (SSSR count). The summed E-state index contributed by atoms with van der Waals surface area (Å²) in [7, 11) is 0. The zero-order valence-corrected chi connectivity index (χ0v) is 52.2. The van der Waals surface area contributed by atoms with Crippen LogP contribution in [-0.4, -0.2) is 0 Å². The highest BCUT2D eigenvalue weighted by Gasteiger charge is 2.22. The molecule has 2 nitrogen and oxygen atoms in total. The first-order chi connectivity index (χ1) is 43.4. The predicted molar refractivity (Wildman–Crippen MR) is 382 cm³/mol. The molecule has 0 N–H and O–H groups in total. The van der Waals surface area contributed by atoms with E-state index < -0.39 is 0 Å². The van der Waals surface area contributed by atoms with Gasteiger partial charge in [-0.2, -0.15) is 0 Å². The van der Waals surface area contributed by atoms with Gasteiger partial charge in [0.2, 0.25) is 0 Å². The summed E-state index contributed by atoms with van der Waals surface area (Å²) in [6.45, 7) is 9.32. The van der Waals surface area contributed by atoms with Gasteiger partial charge >= 0.3 is 0 Å². The zero-order chi connectivity index (χ0) is 60.0. The number of aryl methyl sites for hydroxylation is 4. The Morgan fingerprint density at radius 1 is 0.239 bits per heavy atom. The Kier molecular flexibility index (Phi) is 19.2. The molecule has 0 unspecified atom stereocenters. The fourth-order valence-corrected chi connectivity index (χ4v) is 13.4. The van der Waals surface area contributed by atoms with Crippen LogP contribution >= 0.6 is 0 Å². The Balaban J connectivity index is 0.947. The van der Waals surface area contributed by atoms with Crippen molar-refractivity contribution in [2.24, 2.45) is 0 Å². The Morgan fingerprint density at radius 3 is 0.864 bits per heavy atom. The Labute approximate surface area is 524 Å². The van der Waals surface area contributed by atoms with Crippen LogP contribution in [0.1, 0.15) is 113 Å². The molecule has 88 heavy (non-hydrogen) atoms. The van der Waals surface area contributed by atoms with Crippen LogP contribution < -0.4 is 9.80 Å². The molecule has 0 bridgehead atoms. The highest BCUT2D eigenvalue weighted by Crippen LogP contribution is 2.47. The van der Waals surface area contributed by atoms with E-state index in [-0.39, 0.29) is 0 Å². The summed E-state index contributed by atoms with van der Waals surface area (Å²) in [5.41, 5.74) is 24.7. The normalized spacial score (nSPS) is 11.4. The van der Waals surface area contributed by atoms with Crippen LogP contribution in [0.4, 0.5) is 34.1 Å². The van der Waals surface area contributed by atoms with E-state index in [9.17, 15) is 0 Å². The Morgan fingerprint density at radius 2 is 0.523 bits per heavy atom. The number of anilines is 6. The van der Waals surface area contributed by atoms with Gasteiger partial charge in [-0.25, -0.2) is 0 Å². The lowest BCUT2D eigenvalue weighted by molar-refractivity contribution is 0.607. The van der Waals surface area contributed by atoms with E-state index in [0.717, 1.165) is 47.0 Å². The fraction of sp³-hybridized carbons (Fsp3) is 0.209. The van der Waals surface area contributed by atoms with E-state index in [2.05, 4.69) is 304 Å². The molecular weight excluding hydrogens is 1060 g/mol. The van der Waals surface area contributed by atoms with E-state index in [4.69, 9.17) is 0 Å². The summed E-state index contributed by atoms with van der Waals surface area (Å²) in [6.07, 6.45) is 17.6. The molecule has 0 aliphatic heterocycles. The first-order valence-corrected chi connectivity index (χ1v) is 32.8. The summed E-state index contributed by atoms with van der Waals surface area (Å²) in [5, 5.41) is 5.26. The molecule has 0 heterocycles. The lowest BCUT2D eigenvalue weighted by atomic mass is 9.82. The number of fused-ring (bicyclic) bond motifs is 2. The summed E-state index contributed by atoms with van der Waals surface area (Å²) >= 11 is 0. The molecule has 0 fully saturated rings. The monoisotopic (exact) mass is 1140 g/mol. The summed E-state index contributed by atoms with van der Waals surface area (Å²) in [5.74, 6) is 0. The van der Waals surface area contributed by atoms with Gasteiger partial charge in [-0.1, -0.05) is 272 Å². The molecule has 0 saturated heterocycles. The van der Waals surface area contributed by atoms with Crippen LogP contribution in [0.15, 0.2) is 267 Å². The smallest absolute Gasteiger partial charge is 0.0462 e. The van der Waals surface area contributed by atoms with Gasteiger partial charge in [-0.15, -0.1) is 0 Å².